The second-order valence-electron chi connectivity index (χ2n) is 6.75. The maximum atomic E-state index is 16.8. The van der Waals surface area contributed by atoms with Crippen molar-refractivity contribution in [3.05, 3.63) is 71.9 Å². The van der Waals surface area contributed by atoms with E-state index in [9.17, 15) is 8.76 Å². The molecule has 8 nitrogen and oxygen atoms in total. The third-order valence-corrected chi connectivity index (χ3v) is 5.90. The van der Waals surface area contributed by atoms with E-state index in [1.54, 1.807) is 36.4 Å². The summed E-state index contributed by atoms with van der Waals surface area (Å²) in [6, 6.07) is 13.7. The summed E-state index contributed by atoms with van der Waals surface area (Å²) in [6.45, 7) is 0. The number of aromatic nitrogens is 1. The molecule has 10 heteroatoms. The Balaban J connectivity index is 2.24. The Morgan fingerprint density at radius 1 is 0.939 bits per heavy atom. The molecule has 1 aromatic heterocycles. The van der Waals surface area contributed by atoms with Crippen LogP contribution in [0.25, 0.3) is 0 Å². The van der Waals surface area contributed by atoms with Crippen LogP contribution in [-0.4, -0.2) is 42.2 Å². The smallest absolute Gasteiger partial charge is 0.275 e. The lowest BCUT2D eigenvalue weighted by atomic mass is 9.97. The van der Waals surface area contributed by atoms with Crippen molar-refractivity contribution >= 4 is 11.1 Å². The van der Waals surface area contributed by atoms with Crippen molar-refractivity contribution in [3.63, 3.8) is 0 Å². The van der Waals surface area contributed by atoms with E-state index in [1.165, 1.54) is 52.8 Å². The highest BCUT2D eigenvalue weighted by Crippen LogP contribution is 2.49. The summed E-state index contributed by atoms with van der Waals surface area (Å²) in [5.41, 5.74) is 0.0645. The molecule has 2 aromatic carbocycles. The molecule has 1 N–H and O–H groups in total. The van der Waals surface area contributed by atoms with E-state index in [2.05, 4.69) is 4.98 Å². The number of pyridine rings is 1. The van der Waals surface area contributed by atoms with Crippen LogP contribution < -0.4 is 23.7 Å². The molecule has 176 valence electrons. The van der Waals surface area contributed by atoms with Crippen molar-refractivity contribution in [2.24, 2.45) is 0 Å². The largest absolute Gasteiger partial charge is 0.497 e. The lowest BCUT2D eigenvalue weighted by Crippen LogP contribution is -2.37. The van der Waals surface area contributed by atoms with E-state index in [0.29, 0.717) is 5.75 Å². The third kappa shape index (κ3) is 4.86. The van der Waals surface area contributed by atoms with Gasteiger partial charge in [0.15, 0.2) is 17.6 Å². The predicted molar refractivity (Wildman–Crippen MR) is 120 cm³/mol. The van der Waals surface area contributed by atoms with Gasteiger partial charge in [0.1, 0.15) is 5.75 Å². The summed E-state index contributed by atoms with van der Waals surface area (Å²) in [7, 11) is 5.62. The molecule has 3 atom stereocenters. The molecular formula is C23H24FNO7S. The molecule has 0 bridgehead atoms. The third-order valence-electron chi connectivity index (χ3n) is 4.94. The van der Waals surface area contributed by atoms with Gasteiger partial charge >= 0.3 is 0 Å². The molecule has 1 heterocycles. The van der Waals surface area contributed by atoms with Crippen LogP contribution in [0.1, 0.15) is 17.2 Å². The molecular weight excluding hydrogens is 453 g/mol. The molecule has 0 aliphatic rings. The Bertz CT molecular complexity index is 1070. The van der Waals surface area contributed by atoms with Crippen LogP contribution in [0, 0.1) is 0 Å². The summed E-state index contributed by atoms with van der Waals surface area (Å²) in [5, 5.41) is -2.96. The van der Waals surface area contributed by atoms with Gasteiger partial charge in [-0.2, -0.15) is 0 Å². The molecule has 0 amide bonds. The molecule has 3 aromatic rings. The quantitative estimate of drug-likeness (QED) is 0.432. The minimum Gasteiger partial charge on any atom is -0.497 e. The lowest BCUT2D eigenvalue weighted by Gasteiger charge is -2.32. The van der Waals surface area contributed by atoms with Crippen LogP contribution >= 0.6 is 0 Å². The SMILES string of the molecule is COc1ccc([C@H](Oc2ccccn2)[C@](F)(c2cc(OC)c(OC)c(OC)c2)S(=O)O)cc1. The number of ether oxygens (including phenoxy) is 5. The van der Waals surface area contributed by atoms with E-state index < -0.39 is 22.2 Å². The zero-order chi connectivity index (χ0) is 24.0. The van der Waals surface area contributed by atoms with Crippen LogP contribution in [0.15, 0.2) is 60.8 Å². The van der Waals surface area contributed by atoms with E-state index in [1.807, 2.05) is 0 Å². The highest BCUT2D eigenvalue weighted by Gasteiger charge is 2.51. The maximum Gasteiger partial charge on any atom is 0.275 e. The Morgan fingerprint density at radius 3 is 2.03 bits per heavy atom. The predicted octanol–water partition coefficient (Wildman–Crippen LogP) is 4.28. The fourth-order valence-corrected chi connectivity index (χ4v) is 3.98. The fraction of sp³-hybridized carbons (Fsp3) is 0.261. The molecule has 1 unspecified atom stereocenters. The van der Waals surface area contributed by atoms with Gasteiger partial charge in [-0.3, -0.25) is 0 Å². The van der Waals surface area contributed by atoms with E-state index in [0.717, 1.165) is 0 Å². The number of halogens is 1. The summed E-state index contributed by atoms with van der Waals surface area (Å²) in [4.78, 5) is 4.08. The van der Waals surface area contributed by atoms with Gasteiger partial charge in [0.2, 0.25) is 22.7 Å². The Labute approximate surface area is 193 Å². The van der Waals surface area contributed by atoms with Crippen molar-refractivity contribution in [3.8, 4) is 28.9 Å². The monoisotopic (exact) mass is 477 g/mol. The number of hydrogen-bond donors (Lipinski definition) is 1. The number of benzene rings is 2. The van der Waals surface area contributed by atoms with E-state index >= 15 is 4.39 Å². The van der Waals surface area contributed by atoms with Crippen LogP contribution in [0.5, 0.6) is 28.9 Å². The number of rotatable bonds is 10. The molecule has 0 radical (unpaired) electrons. The zero-order valence-corrected chi connectivity index (χ0v) is 19.3. The first-order valence-electron chi connectivity index (χ1n) is 9.71. The zero-order valence-electron chi connectivity index (χ0n) is 18.5. The van der Waals surface area contributed by atoms with Crippen molar-refractivity contribution < 1.29 is 36.8 Å². The molecule has 0 spiro atoms. The topological polar surface area (TPSA) is 96.3 Å². The molecule has 0 fully saturated rings. The average Bonchev–Trinajstić information content (AvgIpc) is 2.86. The lowest BCUT2D eigenvalue weighted by molar-refractivity contribution is 0.0602. The van der Waals surface area contributed by atoms with Crippen molar-refractivity contribution in [1.29, 1.82) is 0 Å². The highest BCUT2D eigenvalue weighted by molar-refractivity contribution is 7.80. The van der Waals surface area contributed by atoms with Gasteiger partial charge in [-0.25, -0.2) is 13.6 Å². The van der Waals surface area contributed by atoms with Crippen molar-refractivity contribution in [2.45, 2.75) is 11.1 Å². The number of methoxy groups -OCH3 is 4. The summed E-state index contributed by atoms with van der Waals surface area (Å²) in [5.74, 6) is 1.04. The van der Waals surface area contributed by atoms with Gasteiger partial charge < -0.3 is 28.2 Å². The van der Waals surface area contributed by atoms with Gasteiger partial charge in [-0.05, 0) is 35.9 Å². The highest BCUT2D eigenvalue weighted by atomic mass is 32.2. The fourth-order valence-electron chi connectivity index (χ4n) is 3.30. The van der Waals surface area contributed by atoms with Crippen molar-refractivity contribution in [1.82, 2.24) is 4.98 Å². The van der Waals surface area contributed by atoms with Crippen LogP contribution in [0.3, 0.4) is 0 Å². The first-order chi connectivity index (χ1) is 15.9. The summed E-state index contributed by atoms with van der Waals surface area (Å²) >= 11 is -3.06. The van der Waals surface area contributed by atoms with Gasteiger partial charge in [0.05, 0.1) is 28.4 Å². The molecule has 0 saturated heterocycles. The standard InChI is InChI=1S/C23H24FNO7S/c1-28-17-10-8-15(9-11-17)22(32-20-7-5-6-12-25-20)23(24,33(26)27)16-13-18(29-2)21(31-4)19(14-16)30-3/h5-14,22H,1-4H3,(H,26,27)/t22-,23-/m0/s1. The van der Waals surface area contributed by atoms with Crippen molar-refractivity contribution in [2.75, 3.05) is 28.4 Å². The number of nitrogens with zero attached hydrogens (tertiary/aromatic N) is 1. The van der Waals surface area contributed by atoms with Crippen LogP contribution in [0.4, 0.5) is 4.39 Å². The molecule has 0 aliphatic carbocycles. The van der Waals surface area contributed by atoms with Crippen LogP contribution in [-0.2, 0) is 16.1 Å². The Hall–Kier alpha value is -3.37. The molecule has 33 heavy (non-hydrogen) atoms. The summed E-state index contributed by atoms with van der Waals surface area (Å²) < 4.78 is 66.6. The van der Waals surface area contributed by atoms with Gasteiger partial charge in [0.25, 0.3) is 5.00 Å². The normalized spacial score (nSPS) is 14.5. The second kappa shape index (κ2) is 10.5. The van der Waals surface area contributed by atoms with Crippen LogP contribution in [0.2, 0.25) is 0 Å². The number of hydrogen-bond acceptors (Lipinski definition) is 7. The van der Waals surface area contributed by atoms with Gasteiger partial charge in [-0.15, -0.1) is 0 Å². The molecule has 0 saturated carbocycles. The first kappa shape index (κ1) is 24.3. The van der Waals surface area contributed by atoms with Gasteiger partial charge in [-0.1, -0.05) is 18.2 Å². The van der Waals surface area contributed by atoms with Gasteiger partial charge in [0, 0.05) is 17.8 Å². The minimum absolute atomic E-state index is 0.0678. The average molecular weight is 478 g/mol. The van der Waals surface area contributed by atoms with E-state index in [4.69, 9.17) is 23.7 Å². The second-order valence-corrected chi connectivity index (χ2v) is 7.84. The Kier molecular flexibility index (Phi) is 7.72. The van der Waals surface area contributed by atoms with E-state index in [-0.39, 0.29) is 34.3 Å². The first-order valence-corrected chi connectivity index (χ1v) is 10.8. The molecule has 0 aliphatic heterocycles. The number of alkyl halides is 1. The Morgan fingerprint density at radius 2 is 1.58 bits per heavy atom. The summed E-state index contributed by atoms with van der Waals surface area (Å²) in [6.07, 6.45) is -0.109. The molecule has 3 rings (SSSR count). The maximum absolute atomic E-state index is 16.8. The minimum atomic E-state index is -3.06.